The van der Waals surface area contributed by atoms with Crippen LogP contribution in [-0.2, 0) is 12.8 Å². The molecule has 1 aromatic heterocycles. The van der Waals surface area contributed by atoms with Crippen LogP contribution >= 0.6 is 0 Å². The third-order valence-electron chi connectivity index (χ3n) is 4.23. The zero-order valence-corrected chi connectivity index (χ0v) is 13.7. The van der Waals surface area contributed by atoms with Gasteiger partial charge in [-0.15, -0.1) is 0 Å². The zero-order chi connectivity index (χ0) is 15.2. The van der Waals surface area contributed by atoms with Gasteiger partial charge >= 0.3 is 0 Å². The summed E-state index contributed by atoms with van der Waals surface area (Å²) in [6.07, 6.45) is 6.24. The third-order valence-corrected chi connectivity index (χ3v) is 4.23. The highest BCUT2D eigenvalue weighted by Gasteiger charge is 2.15. The molecule has 1 nitrogen and oxygen atoms in total. The molecule has 0 radical (unpaired) electrons. The first-order valence-electron chi connectivity index (χ1n) is 8.04. The van der Waals surface area contributed by atoms with Crippen molar-refractivity contribution >= 4 is 0 Å². The second kappa shape index (κ2) is 7.40. The molecule has 0 amide bonds. The molecule has 112 valence electrons. The summed E-state index contributed by atoms with van der Waals surface area (Å²) in [7, 11) is 0. The zero-order valence-electron chi connectivity index (χ0n) is 13.7. The number of benzene rings is 1. The largest absolute Gasteiger partial charge is 0.264 e. The van der Waals surface area contributed by atoms with Gasteiger partial charge in [-0.3, -0.25) is 4.98 Å². The standard InChI is InChI=1S/C20H27N/c1-15(2)10-18-12-19(14-21-13-18)11-16(3)17(4)20-8-6-5-7-9-20/h5-9,12-17H,10-11H2,1-4H3. The molecule has 2 unspecified atom stereocenters. The van der Waals surface area contributed by atoms with Gasteiger partial charge in [0.25, 0.3) is 0 Å². The number of pyridine rings is 1. The number of rotatable bonds is 6. The minimum Gasteiger partial charge on any atom is -0.264 e. The van der Waals surface area contributed by atoms with Crippen LogP contribution in [0.15, 0.2) is 48.8 Å². The summed E-state index contributed by atoms with van der Waals surface area (Å²) in [4.78, 5) is 4.42. The molecule has 0 bridgehead atoms. The Kier molecular flexibility index (Phi) is 5.55. The van der Waals surface area contributed by atoms with Crippen LogP contribution in [0.2, 0.25) is 0 Å². The quantitative estimate of drug-likeness (QED) is 0.703. The van der Waals surface area contributed by atoms with Crippen LogP contribution < -0.4 is 0 Å². The van der Waals surface area contributed by atoms with Crippen LogP contribution in [0.1, 0.15) is 50.3 Å². The molecule has 2 atom stereocenters. The highest BCUT2D eigenvalue weighted by molar-refractivity contribution is 5.22. The topological polar surface area (TPSA) is 12.9 Å². The van der Waals surface area contributed by atoms with E-state index in [9.17, 15) is 0 Å². The Labute approximate surface area is 129 Å². The summed E-state index contributed by atoms with van der Waals surface area (Å²) < 4.78 is 0. The Morgan fingerprint density at radius 2 is 1.48 bits per heavy atom. The Morgan fingerprint density at radius 1 is 0.857 bits per heavy atom. The summed E-state index contributed by atoms with van der Waals surface area (Å²) in [5, 5.41) is 0. The van der Waals surface area contributed by atoms with E-state index in [0.717, 1.165) is 12.8 Å². The minimum atomic E-state index is 0.569. The number of hydrogen-bond acceptors (Lipinski definition) is 1. The summed E-state index contributed by atoms with van der Waals surface area (Å²) in [5.41, 5.74) is 4.15. The summed E-state index contributed by atoms with van der Waals surface area (Å²) in [6.45, 7) is 9.18. The van der Waals surface area contributed by atoms with Gasteiger partial charge in [0.05, 0.1) is 0 Å². The minimum absolute atomic E-state index is 0.569. The first-order chi connectivity index (χ1) is 10.1. The predicted octanol–water partition coefficient (Wildman–Crippen LogP) is 5.26. The molecule has 0 fully saturated rings. The number of hydrogen-bond donors (Lipinski definition) is 0. The second-order valence-corrected chi connectivity index (χ2v) is 6.68. The van der Waals surface area contributed by atoms with E-state index in [0.29, 0.717) is 17.8 Å². The van der Waals surface area contributed by atoms with E-state index >= 15 is 0 Å². The van der Waals surface area contributed by atoms with E-state index in [-0.39, 0.29) is 0 Å². The molecule has 0 aliphatic carbocycles. The Bertz CT molecular complexity index is 545. The van der Waals surface area contributed by atoms with E-state index < -0.39 is 0 Å². The van der Waals surface area contributed by atoms with Gasteiger partial charge in [0.2, 0.25) is 0 Å². The highest BCUT2D eigenvalue weighted by atomic mass is 14.6. The molecule has 0 aliphatic heterocycles. The van der Waals surface area contributed by atoms with Crippen molar-refractivity contribution in [2.45, 2.75) is 46.5 Å². The SMILES string of the molecule is CC(C)Cc1cncc(CC(C)C(C)c2ccccc2)c1. The van der Waals surface area contributed by atoms with Gasteiger partial charge in [-0.25, -0.2) is 0 Å². The lowest BCUT2D eigenvalue weighted by atomic mass is 9.85. The Balaban J connectivity index is 2.04. The molecule has 2 rings (SSSR count). The molecule has 0 saturated carbocycles. The molecular formula is C20H27N. The maximum absolute atomic E-state index is 4.42. The van der Waals surface area contributed by atoms with Crippen LogP contribution in [0.5, 0.6) is 0 Å². The Hall–Kier alpha value is -1.63. The van der Waals surface area contributed by atoms with Gasteiger partial charge in [-0.1, -0.05) is 64.1 Å². The molecule has 2 aromatic rings. The van der Waals surface area contributed by atoms with Gasteiger partial charge in [-0.05, 0) is 47.3 Å². The van der Waals surface area contributed by atoms with Crippen LogP contribution in [0.4, 0.5) is 0 Å². The number of nitrogens with zero attached hydrogens (tertiary/aromatic N) is 1. The fraction of sp³-hybridized carbons (Fsp3) is 0.450. The van der Waals surface area contributed by atoms with E-state index in [2.05, 4.69) is 69.1 Å². The molecule has 21 heavy (non-hydrogen) atoms. The van der Waals surface area contributed by atoms with Crippen LogP contribution in [-0.4, -0.2) is 4.98 Å². The van der Waals surface area contributed by atoms with Crippen molar-refractivity contribution in [1.82, 2.24) is 4.98 Å². The number of aromatic nitrogens is 1. The smallest absolute Gasteiger partial charge is 0.0300 e. The van der Waals surface area contributed by atoms with Crippen molar-refractivity contribution in [3.63, 3.8) is 0 Å². The van der Waals surface area contributed by atoms with E-state index in [1.807, 2.05) is 12.4 Å². The Morgan fingerprint density at radius 3 is 2.10 bits per heavy atom. The molecule has 0 aliphatic rings. The second-order valence-electron chi connectivity index (χ2n) is 6.68. The molecule has 1 aromatic carbocycles. The lowest BCUT2D eigenvalue weighted by molar-refractivity contribution is 0.484. The van der Waals surface area contributed by atoms with Crippen molar-refractivity contribution in [3.8, 4) is 0 Å². The van der Waals surface area contributed by atoms with Crippen molar-refractivity contribution < 1.29 is 0 Å². The summed E-state index contributed by atoms with van der Waals surface area (Å²) >= 11 is 0. The fourth-order valence-electron chi connectivity index (χ4n) is 2.87. The van der Waals surface area contributed by atoms with Gasteiger partial charge in [-0.2, -0.15) is 0 Å². The maximum atomic E-state index is 4.42. The van der Waals surface area contributed by atoms with Crippen molar-refractivity contribution in [1.29, 1.82) is 0 Å². The van der Waals surface area contributed by atoms with E-state index in [4.69, 9.17) is 0 Å². The van der Waals surface area contributed by atoms with Crippen molar-refractivity contribution in [3.05, 3.63) is 65.5 Å². The van der Waals surface area contributed by atoms with Crippen LogP contribution in [0.25, 0.3) is 0 Å². The molecule has 1 heterocycles. The monoisotopic (exact) mass is 281 g/mol. The van der Waals surface area contributed by atoms with E-state index in [1.54, 1.807) is 0 Å². The maximum Gasteiger partial charge on any atom is 0.0300 e. The molecule has 0 spiro atoms. The van der Waals surface area contributed by atoms with Gasteiger partial charge in [0.15, 0.2) is 0 Å². The summed E-state index contributed by atoms with van der Waals surface area (Å²) in [5.74, 6) is 1.87. The molecule has 0 saturated heterocycles. The highest BCUT2D eigenvalue weighted by Crippen LogP contribution is 2.26. The van der Waals surface area contributed by atoms with Crippen LogP contribution in [0, 0.1) is 11.8 Å². The fourth-order valence-corrected chi connectivity index (χ4v) is 2.87. The van der Waals surface area contributed by atoms with Gasteiger partial charge < -0.3 is 0 Å². The van der Waals surface area contributed by atoms with Gasteiger partial charge in [0.1, 0.15) is 0 Å². The van der Waals surface area contributed by atoms with Crippen molar-refractivity contribution in [2.75, 3.05) is 0 Å². The average molecular weight is 281 g/mol. The lowest BCUT2D eigenvalue weighted by Gasteiger charge is -2.20. The van der Waals surface area contributed by atoms with Gasteiger partial charge in [0, 0.05) is 12.4 Å². The first kappa shape index (κ1) is 15.8. The first-order valence-corrected chi connectivity index (χ1v) is 8.04. The van der Waals surface area contributed by atoms with E-state index in [1.165, 1.54) is 16.7 Å². The third kappa shape index (κ3) is 4.70. The lowest BCUT2D eigenvalue weighted by Crippen LogP contribution is -2.10. The normalized spacial score (nSPS) is 14.1. The molecular weight excluding hydrogens is 254 g/mol. The molecule has 0 N–H and O–H groups in total. The summed E-state index contributed by atoms with van der Waals surface area (Å²) in [6, 6.07) is 13.1. The average Bonchev–Trinajstić information content (AvgIpc) is 2.47. The predicted molar refractivity (Wildman–Crippen MR) is 90.5 cm³/mol. The van der Waals surface area contributed by atoms with Crippen molar-refractivity contribution in [2.24, 2.45) is 11.8 Å². The molecule has 1 heteroatoms. The van der Waals surface area contributed by atoms with Crippen LogP contribution in [0.3, 0.4) is 0 Å².